The van der Waals surface area contributed by atoms with Gasteiger partial charge in [-0.05, 0) is 29.8 Å². The van der Waals surface area contributed by atoms with Gasteiger partial charge in [0, 0.05) is 5.56 Å². The second kappa shape index (κ2) is 5.38. The average molecular weight is 353 g/mol. The molecule has 0 atom stereocenters. The van der Waals surface area contributed by atoms with Gasteiger partial charge in [0.1, 0.15) is 29.1 Å². The maximum Gasteiger partial charge on any atom is 0.231 e. The zero-order valence-corrected chi connectivity index (χ0v) is 13.9. The number of nitrogens with two attached hydrogens (primary N) is 1. The number of aromatic nitrogens is 2. The number of anilines is 1. The molecule has 0 saturated heterocycles. The highest BCUT2D eigenvalue weighted by molar-refractivity contribution is 5.93. The summed E-state index contributed by atoms with van der Waals surface area (Å²) in [5, 5.41) is 19.7. The predicted molar refractivity (Wildman–Crippen MR) is 98.1 cm³/mol. The van der Waals surface area contributed by atoms with E-state index in [1.165, 1.54) is 0 Å². The number of hydrogen-bond donors (Lipinski definition) is 1. The molecule has 0 fully saturated rings. The second-order valence-electron chi connectivity index (χ2n) is 6.06. The number of nitrogens with zero attached hydrogens (tertiary/aromatic N) is 4. The van der Waals surface area contributed by atoms with E-state index in [4.69, 9.17) is 15.2 Å². The standard InChI is InChI=1S/C20H11N5O2/c21-8-12-18(11-5-6-16-17(7-11)27-10-26-16)13(9-22)20-24-14-3-1-2-4-15(14)25(20)19(12)23/h1-7H,10,23H2. The molecule has 3 heterocycles. The monoisotopic (exact) mass is 353 g/mol. The highest BCUT2D eigenvalue weighted by atomic mass is 16.7. The molecule has 0 spiro atoms. The first-order valence-corrected chi connectivity index (χ1v) is 8.15. The second-order valence-corrected chi connectivity index (χ2v) is 6.06. The number of pyridine rings is 1. The molecule has 5 rings (SSSR count). The maximum absolute atomic E-state index is 9.90. The minimum Gasteiger partial charge on any atom is -0.454 e. The van der Waals surface area contributed by atoms with Crippen molar-refractivity contribution in [3.63, 3.8) is 0 Å². The van der Waals surface area contributed by atoms with Crippen molar-refractivity contribution in [3.05, 3.63) is 53.6 Å². The quantitative estimate of drug-likeness (QED) is 0.563. The molecule has 0 saturated carbocycles. The van der Waals surface area contributed by atoms with Crippen LogP contribution in [-0.2, 0) is 0 Å². The molecule has 1 aliphatic rings. The molecule has 2 N–H and O–H groups in total. The van der Waals surface area contributed by atoms with Crippen molar-refractivity contribution >= 4 is 22.5 Å². The molecule has 0 unspecified atom stereocenters. The van der Waals surface area contributed by atoms with E-state index >= 15 is 0 Å². The van der Waals surface area contributed by atoms with Crippen molar-refractivity contribution in [2.75, 3.05) is 12.5 Å². The molecule has 2 aromatic carbocycles. The molecular weight excluding hydrogens is 342 g/mol. The van der Waals surface area contributed by atoms with Crippen molar-refractivity contribution < 1.29 is 9.47 Å². The maximum atomic E-state index is 9.90. The Kier molecular flexibility index (Phi) is 3.00. The summed E-state index contributed by atoms with van der Waals surface area (Å²) in [5.74, 6) is 1.43. The van der Waals surface area contributed by atoms with Crippen LogP contribution in [0.3, 0.4) is 0 Å². The molecular formula is C20H11N5O2. The minimum absolute atomic E-state index is 0.141. The number of nitrogen functional groups attached to an aromatic ring is 1. The van der Waals surface area contributed by atoms with Crippen LogP contribution in [0.25, 0.3) is 27.8 Å². The average Bonchev–Trinajstić information content (AvgIpc) is 3.31. The van der Waals surface area contributed by atoms with E-state index in [1.54, 1.807) is 22.6 Å². The van der Waals surface area contributed by atoms with Crippen LogP contribution in [0.4, 0.5) is 5.82 Å². The van der Waals surface area contributed by atoms with Crippen LogP contribution >= 0.6 is 0 Å². The number of nitriles is 2. The number of para-hydroxylation sites is 2. The number of benzene rings is 2. The Morgan fingerprint density at radius 2 is 1.78 bits per heavy atom. The highest BCUT2D eigenvalue weighted by Crippen LogP contribution is 2.40. The lowest BCUT2D eigenvalue weighted by molar-refractivity contribution is 0.174. The molecule has 27 heavy (non-hydrogen) atoms. The van der Waals surface area contributed by atoms with Gasteiger partial charge in [0.15, 0.2) is 17.1 Å². The number of hydrogen-bond acceptors (Lipinski definition) is 6. The summed E-state index contributed by atoms with van der Waals surface area (Å²) in [7, 11) is 0. The summed E-state index contributed by atoms with van der Waals surface area (Å²) in [6.07, 6.45) is 0. The van der Waals surface area contributed by atoms with E-state index in [0.717, 1.165) is 5.52 Å². The van der Waals surface area contributed by atoms with Gasteiger partial charge in [-0.25, -0.2) is 4.98 Å². The summed E-state index contributed by atoms with van der Waals surface area (Å²) in [6, 6.07) is 17.1. The van der Waals surface area contributed by atoms with E-state index in [-0.39, 0.29) is 23.7 Å². The fourth-order valence-corrected chi connectivity index (χ4v) is 3.47. The zero-order chi connectivity index (χ0) is 18.5. The smallest absolute Gasteiger partial charge is 0.231 e. The van der Waals surface area contributed by atoms with E-state index in [9.17, 15) is 10.5 Å². The van der Waals surface area contributed by atoms with Gasteiger partial charge < -0.3 is 15.2 Å². The lowest BCUT2D eigenvalue weighted by Crippen LogP contribution is -2.05. The Bertz CT molecular complexity index is 1340. The van der Waals surface area contributed by atoms with Crippen molar-refractivity contribution in [2.45, 2.75) is 0 Å². The Balaban J connectivity index is 1.94. The minimum atomic E-state index is 0.141. The fraction of sp³-hybridized carbons (Fsp3) is 0.0500. The Labute approximate surface area is 153 Å². The van der Waals surface area contributed by atoms with Crippen molar-refractivity contribution in [3.8, 4) is 34.8 Å². The first-order chi connectivity index (χ1) is 13.2. The highest BCUT2D eigenvalue weighted by Gasteiger charge is 2.24. The number of rotatable bonds is 1. The lowest BCUT2D eigenvalue weighted by Gasteiger charge is -2.13. The number of fused-ring (bicyclic) bond motifs is 4. The van der Waals surface area contributed by atoms with Crippen molar-refractivity contribution in [1.29, 1.82) is 10.5 Å². The van der Waals surface area contributed by atoms with Crippen molar-refractivity contribution in [1.82, 2.24) is 9.38 Å². The summed E-state index contributed by atoms with van der Waals surface area (Å²) >= 11 is 0. The van der Waals surface area contributed by atoms with Crippen LogP contribution in [0.1, 0.15) is 11.1 Å². The first kappa shape index (κ1) is 15.1. The van der Waals surface area contributed by atoms with Gasteiger partial charge in [0.05, 0.1) is 11.0 Å². The van der Waals surface area contributed by atoms with Gasteiger partial charge in [-0.1, -0.05) is 18.2 Å². The van der Waals surface area contributed by atoms with E-state index in [2.05, 4.69) is 17.1 Å². The van der Waals surface area contributed by atoms with Gasteiger partial charge in [0.25, 0.3) is 0 Å². The molecule has 0 bridgehead atoms. The molecule has 0 radical (unpaired) electrons. The van der Waals surface area contributed by atoms with E-state index in [1.807, 2.05) is 24.3 Å². The summed E-state index contributed by atoms with van der Waals surface area (Å²) in [5.41, 5.74) is 9.82. The van der Waals surface area contributed by atoms with E-state index in [0.29, 0.717) is 33.8 Å². The fourth-order valence-electron chi connectivity index (χ4n) is 3.47. The van der Waals surface area contributed by atoms with Gasteiger partial charge in [-0.15, -0.1) is 0 Å². The first-order valence-electron chi connectivity index (χ1n) is 8.15. The van der Waals surface area contributed by atoms with Gasteiger partial charge in [0.2, 0.25) is 6.79 Å². The van der Waals surface area contributed by atoms with Crippen LogP contribution in [0.15, 0.2) is 42.5 Å². The Morgan fingerprint density at radius 1 is 1.00 bits per heavy atom. The third-order valence-corrected chi connectivity index (χ3v) is 4.67. The zero-order valence-electron chi connectivity index (χ0n) is 13.9. The molecule has 7 heteroatoms. The number of imidazole rings is 1. The van der Waals surface area contributed by atoms with Gasteiger partial charge in [-0.3, -0.25) is 4.40 Å². The van der Waals surface area contributed by atoms with Gasteiger partial charge in [-0.2, -0.15) is 10.5 Å². The van der Waals surface area contributed by atoms with Crippen LogP contribution in [0.5, 0.6) is 11.5 Å². The summed E-state index contributed by atoms with van der Waals surface area (Å²) in [4.78, 5) is 4.58. The van der Waals surface area contributed by atoms with E-state index < -0.39 is 0 Å². The molecule has 128 valence electrons. The molecule has 4 aromatic rings. The van der Waals surface area contributed by atoms with Gasteiger partial charge >= 0.3 is 0 Å². The topological polar surface area (TPSA) is 109 Å². The molecule has 0 aliphatic carbocycles. The van der Waals surface area contributed by atoms with Crippen molar-refractivity contribution in [2.24, 2.45) is 0 Å². The molecule has 1 aliphatic heterocycles. The van der Waals surface area contributed by atoms with Crippen LogP contribution in [0, 0.1) is 22.7 Å². The molecule has 2 aromatic heterocycles. The Hall–Kier alpha value is -4.23. The SMILES string of the molecule is N#Cc1c(-c2ccc3c(c2)OCO3)c(C#N)c2nc3ccccc3n2c1N. The summed E-state index contributed by atoms with van der Waals surface area (Å²) < 4.78 is 12.4. The number of ether oxygens (including phenoxy) is 2. The Morgan fingerprint density at radius 3 is 2.59 bits per heavy atom. The molecule has 0 amide bonds. The van der Waals surface area contributed by atoms with Crippen LogP contribution < -0.4 is 15.2 Å². The van der Waals surface area contributed by atoms with Crippen LogP contribution in [0.2, 0.25) is 0 Å². The summed E-state index contributed by atoms with van der Waals surface area (Å²) in [6.45, 7) is 0.141. The van der Waals surface area contributed by atoms with Crippen LogP contribution in [-0.4, -0.2) is 16.2 Å². The third-order valence-electron chi connectivity index (χ3n) is 4.67. The largest absolute Gasteiger partial charge is 0.454 e. The predicted octanol–water partition coefficient (Wildman–Crippen LogP) is 3.21. The lowest BCUT2D eigenvalue weighted by atomic mass is 9.96. The normalized spacial score (nSPS) is 12.2. The molecule has 7 nitrogen and oxygen atoms in total. The third kappa shape index (κ3) is 1.97.